The molecule has 2 aliphatic heterocycles. The minimum absolute atomic E-state index is 0.154. The maximum Gasteiger partial charge on any atom is 0.243 e. The second-order valence-corrected chi connectivity index (χ2v) is 10.4. The van der Waals surface area contributed by atoms with Gasteiger partial charge in [0.2, 0.25) is 16.0 Å². The maximum atomic E-state index is 14.8. The Kier molecular flexibility index (Phi) is 6.78. The quantitative estimate of drug-likeness (QED) is 0.548. The molecule has 5 rings (SSSR count). The number of nitrogens with one attached hydrogen (secondary N) is 1. The molecule has 2 aliphatic rings. The predicted molar refractivity (Wildman–Crippen MR) is 126 cm³/mol. The molecule has 1 N–H and O–H groups in total. The number of sulfonamides is 1. The van der Waals surface area contributed by atoms with E-state index in [0.717, 1.165) is 24.9 Å². The number of imidazole rings is 1. The van der Waals surface area contributed by atoms with Crippen LogP contribution in [0.25, 0.3) is 11.4 Å². The summed E-state index contributed by atoms with van der Waals surface area (Å²) in [4.78, 5) is 13.1. The first kappa shape index (κ1) is 23.8. The summed E-state index contributed by atoms with van der Waals surface area (Å²) in [5, 5.41) is 3.04. The first-order chi connectivity index (χ1) is 16.9. The number of nitrogens with zero attached hydrogens (tertiary/aromatic N) is 5. The number of ether oxygens (including phenoxy) is 2. The molecule has 2 saturated heterocycles. The van der Waals surface area contributed by atoms with Gasteiger partial charge < -0.3 is 19.4 Å². The number of morpholine rings is 1. The van der Waals surface area contributed by atoms with Crippen LogP contribution in [0, 0.1) is 12.7 Å². The summed E-state index contributed by atoms with van der Waals surface area (Å²) in [5.74, 6) is 0.440. The van der Waals surface area contributed by atoms with E-state index in [-0.39, 0.29) is 22.6 Å². The van der Waals surface area contributed by atoms with Gasteiger partial charge in [0.25, 0.3) is 0 Å². The zero-order valence-corrected chi connectivity index (χ0v) is 20.2. The van der Waals surface area contributed by atoms with Crippen molar-refractivity contribution in [2.24, 2.45) is 0 Å². The number of rotatable bonds is 6. The summed E-state index contributed by atoms with van der Waals surface area (Å²) in [5.41, 5.74) is 1.32. The van der Waals surface area contributed by atoms with Gasteiger partial charge in [-0.15, -0.1) is 0 Å². The lowest BCUT2D eigenvalue weighted by Gasteiger charge is -2.26. The van der Waals surface area contributed by atoms with E-state index < -0.39 is 15.8 Å². The molecule has 0 atom stereocenters. The van der Waals surface area contributed by atoms with Crippen molar-refractivity contribution >= 4 is 21.7 Å². The van der Waals surface area contributed by atoms with Gasteiger partial charge in [-0.2, -0.15) is 4.31 Å². The Balaban J connectivity index is 1.38. The first-order valence-electron chi connectivity index (χ1n) is 11.5. The number of hydrogen-bond acceptors (Lipinski definition) is 8. The fraction of sp³-hybridized carbons (Fsp3) is 0.435. The van der Waals surface area contributed by atoms with Crippen molar-refractivity contribution in [3.63, 3.8) is 0 Å². The highest BCUT2D eigenvalue weighted by molar-refractivity contribution is 7.89. The fourth-order valence-corrected chi connectivity index (χ4v) is 5.82. The number of anilines is 2. The molecule has 2 aromatic heterocycles. The number of benzene rings is 1. The van der Waals surface area contributed by atoms with Crippen LogP contribution >= 0.6 is 0 Å². The standard InChI is InChI=1S/C23H27FN6O4S/c1-16-25-15-21(30(16)18-6-10-33-11-7-18)22-20(24)14-26-23(28-22)27-17-2-4-19(5-3-17)35(31,32)29-8-12-34-13-9-29/h2-5,14-15,18H,6-13H2,1H3,(H,26,27,28). The number of halogens is 1. The van der Waals surface area contributed by atoms with Crippen molar-refractivity contribution in [3.8, 4) is 11.4 Å². The van der Waals surface area contributed by atoms with Crippen LogP contribution in [-0.2, 0) is 19.5 Å². The van der Waals surface area contributed by atoms with E-state index in [1.54, 1.807) is 18.3 Å². The average molecular weight is 503 g/mol. The van der Waals surface area contributed by atoms with Gasteiger partial charge in [-0.3, -0.25) is 0 Å². The molecule has 2 fully saturated rings. The average Bonchev–Trinajstić information content (AvgIpc) is 3.27. The van der Waals surface area contributed by atoms with Gasteiger partial charge in [0.05, 0.1) is 36.2 Å². The summed E-state index contributed by atoms with van der Waals surface area (Å²) < 4.78 is 54.6. The van der Waals surface area contributed by atoms with Crippen LogP contribution in [-0.4, -0.2) is 71.8 Å². The molecular formula is C23H27FN6O4S. The van der Waals surface area contributed by atoms with E-state index >= 15 is 0 Å². The number of hydrogen-bond donors (Lipinski definition) is 1. The van der Waals surface area contributed by atoms with Crippen LogP contribution in [0.1, 0.15) is 24.7 Å². The molecule has 0 unspecified atom stereocenters. The topological polar surface area (TPSA) is 111 Å². The van der Waals surface area contributed by atoms with Crippen molar-refractivity contribution in [2.75, 3.05) is 44.8 Å². The molecule has 0 spiro atoms. The van der Waals surface area contributed by atoms with Gasteiger partial charge in [-0.1, -0.05) is 0 Å². The molecular weight excluding hydrogens is 475 g/mol. The zero-order valence-electron chi connectivity index (χ0n) is 19.4. The molecule has 0 aliphatic carbocycles. The molecule has 4 heterocycles. The van der Waals surface area contributed by atoms with E-state index in [1.807, 2.05) is 11.5 Å². The number of aryl methyl sites for hydroxylation is 1. The minimum atomic E-state index is -3.59. The van der Waals surface area contributed by atoms with Crippen LogP contribution in [0.2, 0.25) is 0 Å². The van der Waals surface area contributed by atoms with Gasteiger partial charge in [0.15, 0.2) is 5.82 Å². The molecule has 0 radical (unpaired) electrons. The lowest BCUT2D eigenvalue weighted by atomic mass is 10.1. The third-order valence-corrected chi connectivity index (χ3v) is 8.16. The molecule has 186 valence electrons. The van der Waals surface area contributed by atoms with Crippen molar-refractivity contribution < 1.29 is 22.3 Å². The van der Waals surface area contributed by atoms with Crippen LogP contribution in [0.3, 0.4) is 0 Å². The van der Waals surface area contributed by atoms with E-state index in [2.05, 4.69) is 20.3 Å². The SMILES string of the molecule is Cc1ncc(-c2nc(Nc3ccc(S(=O)(=O)N4CCOCC4)cc3)ncc2F)n1C1CCOCC1. The molecule has 0 amide bonds. The Bertz CT molecular complexity index is 1290. The summed E-state index contributed by atoms with van der Waals surface area (Å²) in [6.45, 7) is 4.63. The summed E-state index contributed by atoms with van der Waals surface area (Å²) in [7, 11) is -3.59. The van der Waals surface area contributed by atoms with E-state index in [9.17, 15) is 12.8 Å². The summed E-state index contributed by atoms with van der Waals surface area (Å²) >= 11 is 0. The van der Waals surface area contributed by atoms with E-state index in [4.69, 9.17) is 9.47 Å². The lowest BCUT2D eigenvalue weighted by molar-refractivity contribution is 0.0694. The van der Waals surface area contributed by atoms with Gasteiger partial charge in [0, 0.05) is 38.0 Å². The van der Waals surface area contributed by atoms with Crippen LogP contribution in [0.15, 0.2) is 41.6 Å². The van der Waals surface area contributed by atoms with Crippen LogP contribution < -0.4 is 5.32 Å². The Morgan fingerprint density at radius 2 is 1.69 bits per heavy atom. The smallest absolute Gasteiger partial charge is 0.243 e. The molecule has 35 heavy (non-hydrogen) atoms. The summed E-state index contributed by atoms with van der Waals surface area (Å²) in [6.07, 6.45) is 4.40. The third kappa shape index (κ3) is 4.92. The second kappa shape index (κ2) is 9.97. The number of aromatic nitrogens is 4. The Labute approximate surface area is 203 Å². The van der Waals surface area contributed by atoms with Crippen molar-refractivity contribution in [1.29, 1.82) is 0 Å². The van der Waals surface area contributed by atoms with Crippen molar-refractivity contribution in [3.05, 3.63) is 48.3 Å². The maximum absolute atomic E-state index is 14.8. The largest absolute Gasteiger partial charge is 0.381 e. The van der Waals surface area contributed by atoms with Gasteiger partial charge >= 0.3 is 0 Å². The third-order valence-electron chi connectivity index (χ3n) is 6.24. The van der Waals surface area contributed by atoms with Crippen LogP contribution in [0.5, 0.6) is 0 Å². The highest BCUT2D eigenvalue weighted by Gasteiger charge is 2.26. The fourth-order valence-electron chi connectivity index (χ4n) is 4.42. The monoisotopic (exact) mass is 502 g/mol. The highest BCUT2D eigenvalue weighted by Crippen LogP contribution is 2.31. The minimum Gasteiger partial charge on any atom is -0.381 e. The molecule has 10 nitrogen and oxygen atoms in total. The Morgan fingerprint density at radius 3 is 2.40 bits per heavy atom. The zero-order chi connectivity index (χ0) is 24.4. The van der Waals surface area contributed by atoms with Gasteiger partial charge in [-0.25, -0.2) is 27.8 Å². The Hall–Kier alpha value is -2.93. The van der Waals surface area contributed by atoms with Crippen molar-refractivity contribution in [1.82, 2.24) is 23.8 Å². The van der Waals surface area contributed by atoms with Gasteiger partial charge in [-0.05, 0) is 44.0 Å². The van der Waals surface area contributed by atoms with Crippen LogP contribution in [0.4, 0.5) is 16.0 Å². The molecule has 3 aromatic rings. The summed E-state index contributed by atoms with van der Waals surface area (Å²) in [6, 6.07) is 6.49. The lowest BCUT2D eigenvalue weighted by Crippen LogP contribution is -2.40. The van der Waals surface area contributed by atoms with Crippen molar-refractivity contribution in [2.45, 2.75) is 30.7 Å². The molecule has 0 saturated carbocycles. The molecule has 12 heteroatoms. The first-order valence-corrected chi connectivity index (χ1v) is 13.0. The molecule has 1 aromatic carbocycles. The van der Waals surface area contributed by atoms with Gasteiger partial charge in [0.1, 0.15) is 11.5 Å². The van der Waals surface area contributed by atoms with E-state index in [1.165, 1.54) is 16.4 Å². The normalized spacial score (nSPS) is 18.0. The Morgan fingerprint density at radius 1 is 1.00 bits per heavy atom. The molecule has 0 bridgehead atoms. The second-order valence-electron chi connectivity index (χ2n) is 8.46. The van der Waals surface area contributed by atoms with E-state index in [0.29, 0.717) is 50.9 Å². The highest BCUT2D eigenvalue weighted by atomic mass is 32.2. The predicted octanol–water partition coefficient (Wildman–Crippen LogP) is 2.90.